The first-order valence-corrected chi connectivity index (χ1v) is 10.7. The van der Waals surface area contributed by atoms with Crippen LogP contribution in [0.4, 0.5) is 11.8 Å². The smallest absolute Gasteiger partial charge is 0.239 e. The molecular formula is C25H21N9O. The molecule has 10 heteroatoms. The number of nitriles is 2. The Hall–Kier alpha value is -5.22. The van der Waals surface area contributed by atoms with Crippen LogP contribution in [0.15, 0.2) is 73.3 Å². The summed E-state index contributed by atoms with van der Waals surface area (Å²) < 4.78 is 1.74. The highest BCUT2D eigenvalue weighted by Crippen LogP contribution is 2.15. The van der Waals surface area contributed by atoms with Gasteiger partial charge < -0.3 is 16.0 Å². The highest BCUT2D eigenvalue weighted by Gasteiger charge is 2.09. The summed E-state index contributed by atoms with van der Waals surface area (Å²) in [6.45, 7) is 0.836. The van der Waals surface area contributed by atoms with E-state index < -0.39 is 0 Å². The fraction of sp³-hybridized carbons (Fsp3) is 0.120. The van der Waals surface area contributed by atoms with Crippen molar-refractivity contribution in [3.63, 3.8) is 0 Å². The van der Waals surface area contributed by atoms with Crippen LogP contribution in [0.3, 0.4) is 0 Å². The van der Waals surface area contributed by atoms with E-state index in [1.807, 2.05) is 12.1 Å². The maximum absolute atomic E-state index is 12.4. The molecule has 172 valence electrons. The molecule has 1 amide bonds. The number of nitrogens with zero attached hydrogens (tertiary/aromatic N) is 6. The van der Waals surface area contributed by atoms with Gasteiger partial charge in [-0.1, -0.05) is 24.3 Å². The van der Waals surface area contributed by atoms with E-state index in [9.17, 15) is 4.79 Å². The van der Waals surface area contributed by atoms with Gasteiger partial charge in [-0.2, -0.15) is 20.5 Å². The first kappa shape index (κ1) is 23.0. The minimum absolute atomic E-state index is 0.0196. The number of amides is 1. The van der Waals surface area contributed by atoms with Crippen molar-refractivity contribution in [1.29, 1.82) is 10.5 Å². The maximum atomic E-state index is 12.4. The average molecular weight is 464 g/mol. The van der Waals surface area contributed by atoms with Crippen molar-refractivity contribution in [3.05, 3.63) is 95.6 Å². The van der Waals surface area contributed by atoms with Gasteiger partial charge in [0.1, 0.15) is 18.0 Å². The standard InChI is InChI=1S/C25H21N9O/c26-12-18-1-5-20(6-2-18)14-30-24(35)16-29-22-11-23(34-10-9-28-17-34)33-25(32-22)31-15-21-7-3-19(13-27)4-8-21/h1-11,17H,14-16H2,(H,30,35)(H2,29,31,32,33). The van der Waals surface area contributed by atoms with Crippen molar-refractivity contribution in [3.8, 4) is 18.0 Å². The summed E-state index contributed by atoms with van der Waals surface area (Å²) in [4.78, 5) is 25.4. The Labute approximate surface area is 201 Å². The number of imidazole rings is 1. The Kier molecular flexibility index (Phi) is 7.26. The third-order valence-electron chi connectivity index (χ3n) is 5.02. The molecule has 0 saturated carbocycles. The van der Waals surface area contributed by atoms with Crippen molar-refractivity contribution in [2.75, 3.05) is 17.2 Å². The van der Waals surface area contributed by atoms with Crippen molar-refractivity contribution >= 4 is 17.7 Å². The second-order valence-electron chi connectivity index (χ2n) is 7.51. The number of hydrogen-bond donors (Lipinski definition) is 3. The molecule has 35 heavy (non-hydrogen) atoms. The molecule has 2 aromatic carbocycles. The van der Waals surface area contributed by atoms with Crippen LogP contribution in [-0.4, -0.2) is 32.0 Å². The van der Waals surface area contributed by atoms with Crippen LogP contribution in [0.1, 0.15) is 22.3 Å². The van der Waals surface area contributed by atoms with Crippen LogP contribution in [-0.2, 0) is 17.9 Å². The van der Waals surface area contributed by atoms with Gasteiger partial charge in [-0.25, -0.2) is 4.98 Å². The molecule has 0 aliphatic heterocycles. The summed E-state index contributed by atoms with van der Waals surface area (Å²) in [5.41, 5.74) is 3.03. The molecule has 0 fully saturated rings. The highest BCUT2D eigenvalue weighted by molar-refractivity contribution is 5.80. The monoisotopic (exact) mass is 463 g/mol. The minimum Gasteiger partial charge on any atom is -0.361 e. The van der Waals surface area contributed by atoms with E-state index in [4.69, 9.17) is 10.5 Å². The van der Waals surface area contributed by atoms with Crippen LogP contribution >= 0.6 is 0 Å². The molecule has 3 N–H and O–H groups in total. The molecule has 2 heterocycles. The molecular weight excluding hydrogens is 442 g/mol. The quantitative estimate of drug-likeness (QED) is 0.344. The van der Waals surface area contributed by atoms with Gasteiger partial charge in [0.2, 0.25) is 11.9 Å². The van der Waals surface area contributed by atoms with E-state index in [0.29, 0.717) is 41.8 Å². The molecule has 0 aliphatic rings. The van der Waals surface area contributed by atoms with Crippen LogP contribution in [0.2, 0.25) is 0 Å². The number of benzene rings is 2. The number of aromatic nitrogens is 4. The third-order valence-corrected chi connectivity index (χ3v) is 5.02. The maximum Gasteiger partial charge on any atom is 0.239 e. The Balaban J connectivity index is 1.40. The normalized spacial score (nSPS) is 10.1. The topological polar surface area (TPSA) is 144 Å². The molecule has 0 saturated heterocycles. The Morgan fingerprint density at radius 1 is 0.886 bits per heavy atom. The van der Waals surface area contributed by atoms with Crippen molar-refractivity contribution < 1.29 is 4.79 Å². The van der Waals surface area contributed by atoms with Gasteiger partial charge in [-0.3, -0.25) is 9.36 Å². The SMILES string of the molecule is N#Cc1ccc(CNC(=O)CNc2cc(-n3ccnc3)nc(NCc3ccc(C#N)cc3)n2)cc1. The zero-order valence-corrected chi connectivity index (χ0v) is 18.6. The molecule has 2 aromatic heterocycles. The number of hydrogen-bond acceptors (Lipinski definition) is 8. The van der Waals surface area contributed by atoms with Gasteiger partial charge in [0, 0.05) is 31.5 Å². The predicted octanol–water partition coefficient (Wildman–Crippen LogP) is 2.75. The summed E-state index contributed by atoms with van der Waals surface area (Å²) >= 11 is 0. The molecule has 0 atom stereocenters. The fourth-order valence-corrected chi connectivity index (χ4v) is 3.14. The van der Waals surface area contributed by atoms with Crippen LogP contribution in [0, 0.1) is 22.7 Å². The fourth-order valence-electron chi connectivity index (χ4n) is 3.14. The second kappa shape index (κ2) is 11.1. The van der Waals surface area contributed by atoms with Crippen LogP contribution in [0.25, 0.3) is 5.82 Å². The van der Waals surface area contributed by atoms with E-state index in [2.05, 4.69) is 43.0 Å². The van der Waals surface area contributed by atoms with Gasteiger partial charge in [-0.05, 0) is 35.4 Å². The summed E-state index contributed by atoms with van der Waals surface area (Å²) in [7, 11) is 0. The highest BCUT2D eigenvalue weighted by atomic mass is 16.1. The Morgan fingerprint density at radius 3 is 2.14 bits per heavy atom. The molecule has 0 bridgehead atoms. The molecule has 4 aromatic rings. The third kappa shape index (κ3) is 6.40. The van der Waals surface area contributed by atoms with Gasteiger partial charge in [0.15, 0.2) is 0 Å². The van der Waals surface area contributed by atoms with Crippen LogP contribution in [0.5, 0.6) is 0 Å². The summed E-state index contributed by atoms with van der Waals surface area (Å²) in [6, 6.07) is 20.2. The summed E-state index contributed by atoms with van der Waals surface area (Å²) in [5, 5.41) is 26.9. The van der Waals surface area contributed by atoms with E-state index in [-0.39, 0.29) is 12.5 Å². The number of carbonyl (C=O) groups is 1. The van der Waals surface area contributed by atoms with Gasteiger partial charge >= 0.3 is 0 Å². The van der Waals surface area contributed by atoms with Crippen LogP contribution < -0.4 is 16.0 Å². The number of nitrogens with one attached hydrogen (secondary N) is 3. The van der Waals surface area contributed by atoms with Crippen molar-refractivity contribution in [2.24, 2.45) is 0 Å². The molecule has 10 nitrogen and oxygen atoms in total. The lowest BCUT2D eigenvalue weighted by Crippen LogP contribution is -2.29. The minimum atomic E-state index is -0.204. The average Bonchev–Trinajstić information content (AvgIpc) is 3.45. The predicted molar refractivity (Wildman–Crippen MR) is 129 cm³/mol. The first-order valence-electron chi connectivity index (χ1n) is 10.7. The number of carbonyl (C=O) groups excluding carboxylic acids is 1. The van der Waals surface area contributed by atoms with Gasteiger partial charge in [0.25, 0.3) is 0 Å². The molecule has 0 radical (unpaired) electrons. The van der Waals surface area contributed by atoms with Crippen molar-refractivity contribution in [2.45, 2.75) is 13.1 Å². The van der Waals surface area contributed by atoms with Crippen molar-refractivity contribution in [1.82, 2.24) is 24.8 Å². The molecule has 0 spiro atoms. The zero-order valence-electron chi connectivity index (χ0n) is 18.6. The largest absolute Gasteiger partial charge is 0.361 e. The van der Waals surface area contributed by atoms with E-state index in [1.165, 1.54) is 0 Å². The molecule has 0 unspecified atom stereocenters. The number of rotatable bonds is 9. The Bertz CT molecular complexity index is 1370. The van der Waals surface area contributed by atoms with E-state index >= 15 is 0 Å². The Morgan fingerprint density at radius 2 is 1.54 bits per heavy atom. The lowest BCUT2D eigenvalue weighted by Gasteiger charge is -2.12. The zero-order chi connectivity index (χ0) is 24.5. The molecule has 0 aliphatic carbocycles. The lowest BCUT2D eigenvalue weighted by molar-refractivity contribution is -0.119. The van der Waals surface area contributed by atoms with Gasteiger partial charge in [-0.15, -0.1) is 0 Å². The van der Waals surface area contributed by atoms with E-state index in [0.717, 1.165) is 11.1 Å². The summed E-state index contributed by atoms with van der Waals surface area (Å²) in [6.07, 6.45) is 5.04. The molecule has 4 rings (SSSR count). The second-order valence-corrected chi connectivity index (χ2v) is 7.51. The van der Waals surface area contributed by atoms with Gasteiger partial charge in [0.05, 0.1) is 29.8 Å². The van der Waals surface area contributed by atoms with E-state index in [1.54, 1.807) is 65.8 Å². The lowest BCUT2D eigenvalue weighted by atomic mass is 10.1. The first-order chi connectivity index (χ1) is 17.1. The number of anilines is 2. The summed E-state index contributed by atoms with van der Waals surface area (Å²) in [5.74, 6) is 1.23.